The van der Waals surface area contributed by atoms with E-state index in [1.54, 1.807) is 6.20 Å². The summed E-state index contributed by atoms with van der Waals surface area (Å²) in [5.41, 5.74) is 1.41. The predicted molar refractivity (Wildman–Crippen MR) is 78.7 cm³/mol. The van der Waals surface area contributed by atoms with Crippen molar-refractivity contribution >= 4 is 12.6 Å². The molecule has 1 aromatic heterocycles. The van der Waals surface area contributed by atoms with Crippen LogP contribution < -0.4 is 5.46 Å². The van der Waals surface area contributed by atoms with Crippen LogP contribution in [0.3, 0.4) is 0 Å². The van der Waals surface area contributed by atoms with Crippen LogP contribution in [-0.4, -0.2) is 23.3 Å². The summed E-state index contributed by atoms with van der Waals surface area (Å²) in [5.74, 6) is 0. The molecule has 0 radical (unpaired) electrons. The molecule has 0 unspecified atom stereocenters. The molecule has 1 aromatic rings. The average molecular weight is 272 g/mol. The second kappa shape index (κ2) is 5.19. The Balaban J connectivity index is 2.33. The van der Waals surface area contributed by atoms with Gasteiger partial charge in [0, 0.05) is 17.4 Å². The van der Waals surface area contributed by atoms with E-state index in [1.165, 1.54) is 0 Å². The first kappa shape index (κ1) is 15.0. The van der Waals surface area contributed by atoms with E-state index in [4.69, 9.17) is 9.31 Å². The van der Waals surface area contributed by atoms with Gasteiger partial charge < -0.3 is 9.31 Å². The highest BCUT2D eigenvalue weighted by atomic mass is 16.7. The summed E-state index contributed by atoms with van der Waals surface area (Å²) in [6, 6.07) is 4.06. The maximum absolute atomic E-state index is 9.34. The van der Waals surface area contributed by atoms with Gasteiger partial charge in [-0.15, -0.1) is 0 Å². The molecule has 0 bridgehead atoms. The molecule has 1 saturated heterocycles. The van der Waals surface area contributed by atoms with Gasteiger partial charge in [0.25, 0.3) is 0 Å². The lowest BCUT2D eigenvalue weighted by Gasteiger charge is -2.32. The van der Waals surface area contributed by atoms with E-state index in [-0.39, 0.29) is 0 Å². The highest BCUT2D eigenvalue weighted by Gasteiger charge is 2.52. The lowest BCUT2D eigenvalue weighted by atomic mass is 9.77. The van der Waals surface area contributed by atoms with Gasteiger partial charge >= 0.3 is 7.12 Å². The van der Waals surface area contributed by atoms with Crippen LogP contribution in [0, 0.1) is 11.3 Å². The fraction of sp³-hybridized carbons (Fsp3) is 0.600. The quantitative estimate of drug-likeness (QED) is 0.791. The van der Waals surface area contributed by atoms with Crippen LogP contribution in [0.15, 0.2) is 12.3 Å². The van der Waals surface area contributed by atoms with E-state index in [1.807, 2.05) is 33.8 Å². The summed E-state index contributed by atoms with van der Waals surface area (Å²) < 4.78 is 12.0. The van der Waals surface area contributed by atoms with Gasteiger partial charge in [-0.25, -0.2) is 0 Å². The molecule has 0 aliphatic carbocycles. The number of aromatic nitrogens is 1. The van der Waals surface area contributed by atoms with Crippen molar-refractivity contribution in [2.24, 2.45) is 0 Å². The van der Waals surface area contributed by atoms with Gasteiger partial charge in [-0.1, -0.05) is 13.3 Å². The normalized spacial score (nSPS) is 19.9. The Kier molecular flexibility index (Phi) is 3.90. The highest BCUT2D eigenvalue weighted by molar-refractivity contribution is 6.62. The third kappa shape index (κ3) is 2.58. The molecule has 0 N–H and O–H groups in total. The number of pyridine rings is 1. The van der Waals surface area contributed by atoms with Crippen LogP contribution in [0.5, 0.6) is 0 Å². The average Bonchev–Trinajstić information content (AvgIpc) is 2.58. The van der Waals surface area contributed by atoms with Gasteiger partial charge in [0.2, 0.25) is 0 Å². The molecular formula is C15H21BN2O2. The number of aryl methyl sites for hydroxylation is 1. The summed E-state index contributed by atoms with van der Waals surface area (Å²) in [4.78, 5) is 4.41. The topological polar surface area (TPSA) is 55.1 Å². The van der Waals surface area contributed by atoms with E-state index >= 15 is 0 Å². The Morgan fingerprint density at radius 1 is 1.25 bits per heavy atom. The van der Waals surface area contributed by atoms with Crippen LogP contribution in [-0.2, 0) is 15.7 Å². The van der Waals surface area contributed by atoms with Gasteiger partial charge in [-0.05, 0) is 40.2 Å². The molecule has 0 aromatic carbocycles. The summed E-state index contributed by atoms with van der Waals surface area (Å²) in [6.07, 6.45) is 3.59. The van der Waals surface area contributed by atoms with Crippen LogP contribution in [0.25, 0.3) is 0 Å². The Bertz CT molecular complexity index is 533. The number of nitriles is 1. The molecule has 2 heterocycles. The molecule has 0 atom stereocenters. The maximum atomic E-state index is 9.34. The summed E-state index contributed by atoms with van der Waals surface area (Å²) >= 11 is 0. The molecule has 1 fully saturated rings. The summed E-state index contributed by atoms with van der Waals surface area (Å²) in [5, 5.41) is 9.34. The SMILES string of the molecule is CCCc1cc(C#N)c(B2OC(C)(C)C(C)(C)O2)cn1. The standard InChI is InChI=1S/C15H21BN2O2/c1-6-7-12-8-11(9-17)13(10-18-12)16-19-14(2,3)15(4,5)20-16/h8,10H,6-7H2,1-5H3. The van der Waals surface area contributed by atoms with E-state index in [2.05, 4.69) is 18.0 Å². The Hall–Kier alpha value is -1.38. The minimum Gasteiger partial charge on any atom is -0.399 e. The molecule has 1 aliphatic rings. The lowest BCUT2D eigenvalue weighted by Crippen LogP contribution is -2.41. The molecule has 0 amide bonds. The van der Waals surface area contributed by atoms with Gasteiger partial charge in [0.1, 0.15) is 0 Å². The van der Waals surface area contributed by atoms with Crippen LogP contribution in [0.4, 0.5) is 0 Å². The van der Waals surface area contributed by atoms with Crippen molar-refractivity contribution < 1.29 is 9.31 Å². The van der Waals surface area contributed by atoms with Crippen molar-refractivity contribution in [1.82, 2.24) is 4.98 Å². The third-order valence-corrected chi connectivity index (χ3v) is 4.13. The van der Waals surface area contributed by atoms with Gasteiger partial charge in [0.05, 0.1) is 22.8 Å². The van der Waals surface area contributed by atoms with Crippen molar-refractivity contribution in [3.8, 4) is 6.07 Å². The van der Waals surface area contributed by atoms with Crippen molar-refractivity contribution in [1.29, 1.82) is 5.26 Å². The first-order valence-corrected chi connectivity index (χ1v) is 7.05. The maximum Gasteiger partial charge on any atom is 0.497 e. The number of nitrogens with zero attached hydrogens (tertiary/aromatic N) is 2. The van der Waals surface area contributed by atoms with E-state index < -0.39 is 18.3 Å². The van der Waals surface area contributed by atoms with Gasteiger partial charge in [-0.3, -0.25) is 4.98 Å². The second-order valence-electron chi connectivity index (χ2n) is 6.21. The van der Waals surface area contributed by atoms with Crippen molar-refractivity contribution in [2.45, 2.75) is 58.7 Å². The zero-order valence-electron chi connectivity index (χ0n) is 12.9. The van der Waals surface area contributed by atoms with Gasteiger partial charge in [0.15, 0.2) is 0 Å². The van der Waals surface area contributed by atoms with E-state index in [0.717, 1.165) is 18.5 Å². The number of hydrogen-bond acceptors (Lipinski definition) is 4. The third-order valence-electron chi connectivity index (χ3n) is 4.13. The van der Waals surface area contributed by atoms with E-state index in [0.29, 0.717) is 11.0 Å². The molecule has 0 saturated carbocycles. The molecule has 106 valence electrons. The molecule has 5 heteroatoms. The van der Waals surface area contributed by atoms with Crippen LogP contribution in [0.1, 0.15) is 52.3 Å². The summed E-state index contributed by atoms with van der Waals surface area (Å²) in [6.45, 7) is 10.1. The number of rotatable bonds is 3. The van der Waals surface area contributed by atoms with Crippen LogP contribution in [0.2, 0.25) is 0 Å². The first-order valence-electron chi connectivity index (χ1n) is 7.05. The zero-order valence-corrected chi connectivity index (χ0v) is 12.9. The zero-order chi connectivity index (χ0) is 15.0. The fourth-order valence-corrected chi connectivity index (χ4v) is 2.16. The highest BCUT2D eigenvalue weighted by Crippen LogP contribution is 2.36. The molecule has 0 spiro atoms. The molecule has 20 heavy (non-hydrogen) atoms. The fourth-order valence-electron chi connectivity index (χ4n) is 2.16. The predicted octanol–water partition coefficient (Wildman–Crippen LogP) is 2.20. The minimum absolute atomic E-state index is 0.410. The Morgan fingerprint density at radius 2 is 1.85 bits per heavy atom. The Labute approximate surface area is 121 Å². The minimum atomic E-state index is -0.530. The molecule has 1 aliphatic heterocycles. The lowest BCUT2D eigenvalue weighted by molar-refractivity contribution is 0.00578. The van der Waals surface area contributed by atoms with Gasteiger partial charge in [-0.2, -0.15) is 5.26 Å². The first-order chi connectivity index (χ1) is 9.30. The molecular weight excluding hydrogens is 251 g/mol. The number of hydrogen-bond donors (Lipinski definition) is 0. The summed E-state index contributed by atoms with van der Waals surface area (Å²) in [7, 11) is -0.530. The van der Waals surface area contributed by atoms with Crippen molar-refractivity contribution in [2.75, 3.05) is 0 Å². The smallest absolute Gasteiger partial charge is 0.399 e. The van der Waals surface area contributed by atoms with Crippen molar-refractivity contribution in [3.05, 3.63) is 23.5 Å². The van der Waals surface area contributed by atoms with Crippen molar-refractivity contribution in [3.63, 3.8) is 0 Å². The van der Waals surface area contributed by atoms with E-state index in [9.17, 15) is 5.26 Å². The molecule has 2 rings (SSSR count). The van der Waals surface area contributed by atoms with Crippen LogP contribution >= 0.6 is 0 Å². The molecule has 4 nitrogen and oxygen atoms in total. The Morgan fingerprint density at radius 3 is 2.35 bits per heavy atom. The monoisotopic (exact) mass is 272 g/mol. The second-order valence-corrected chi connectivity index (χ2v) is 6.21. The largest absolute Gasteiger partial charge is 0.497 e.